The maximum absolute atomic E-state index is 12.3. The minimum atomic E-state index is -0.238. The van der Waals surface area contributed by atoms with Gasteiger partial charge >= 0.3 is 0 Å². The lowest BCUT2D eigenvalue weighted by Gasteiger charge is -2.43. The summed E-state index contributed by atoms with van der Waals surface area (Å²) in [6.45, 7) is 10.5. The number of benzene rings is 2. The molecule has 6 heterocycles. The van der Waals surface area contributed by atoms with Crippen LogP contribution in [-0.4, -0.2) is 86.8 Å². The monoisotopic (exact) mass is 721 g/mol. The third kappa shape index (κ3) is 6.97. The first-order valence-electron chi connectivity index (χ1n) is 18.2. The number of aromatic amines is 1. The predicted molar refractivity (Wildman–Crippen MR) is 202 cm³/mol. The molecular weight excluding hydrogens is 678 g/mol. The number of hydrogen-bond acceptors (Lipinski definition) is 9. The van der Waals surface area contributed by atoms with Gasteiger partial charge in [-0.3, -0.25) is 24.5 Å². The molecule has 270 valence electrons. The smallest absolute Gasteiger partial charge is 0.234 e. The van der Waals surface area contributed by atoms with Crippen LogP contribution in [0.5, 0.6) is 11.5 Å². The van der Waals surface area contributed by atoms with E-state index in [-0.39, 0.29) is 17.7 Å². The highest BCUT2D eigenvalue weighted by Gasteiger charge is 2.30. The molecule has 3 aromatic heterocycles. The highest BCUT2D eigenvalue weighted by molar-refractivity contribution is 6.32. The summed E-state index contributed by atoms with van der Waals surface area (Å²) in [5.41, 5.74) is 6.32. The van der Waals surface area contributed by atoms with E-state index in [9.17, 15) is 9.59 Å². The number of amides is 2. The fraction of sp³-hybridized carbons (Fsp3) is 0.410. The number of imide groups is 1. The van der Waals surface area contributed by atoms with Crippen LogP contribution in [0.3, 0.4) is 0 Å². The van der Waals surface area contributed by atoms with E-state index in [1.165, 1.54) is 24.2 Å². The number of carbonyl (C=O) groups excluding carboxylic acids is 2. The summed E-state index contributed by atoms with van der Waals surface area (Å²) >= 11 is 6.59. The van der Waals surface area contributed by atoms with Crippen LogP contribution in [0.1, 0.15) is 49.8 Å². The molecule has 52 heavy (non-hydrogen) atoms. The summed E-state index contributed by atoms with van der Waals surface area (Å²) in [5, 5.41) is 7.31. The van der Waals surface area contributed by atoms with Gasteiger partial charge in [-0.05, 0) is 81.0 Å². The predicted octanol–water partition coefficient (Wildman–Crippen LogP) is 6.06. The van der Waals surface area contributed by atoms with Gasteiger partial charge in [0.25, 0.3) is 0 Å². The number of hydrogen-bond donors (Lipinski definition) is 2. The zero-order chi connectivity index (χ0) is 35.9. The van der Waals surface area contributed by atoms with Gasteiger partial charge in [-0.2, -0.15) is 5.10 Å². The molecule has 0 saturated carbocycles. The molecule has 2 atom stereocenters. The van der Waals surface area contributed by atoms with E-state index >= 15 is 0 Å². The number of carbonyl (C=O) groups is 2. The number of rotatable bonds is 8. The van der Waals surface area contributed by atoms with E-state index in [0.29, 0.717) is 58.3 Å². The summed E-state index contributed by atoms with van der Waals surface area (Å²) in [5.74, 6) is 1.94. The number of pyridine rings is 1. The molecule has 13 heteroatoms. The zero-order valence-electron chi connectivity index (χ0n) is 29.8. The number of fused-ring (bicyclic) bond motifs is 1. The Kier molecular flexibility index (Phi) is 9.35. The lowest BCUT2D eigenvalue weighted by Crippen LogP contribution is -2.53. The quantitative estimate of drug-likeness (QED) is 0.184. The van der Waals surface area contributed by atoms with Crippen molar-refractivity contribution in [3.05, 3.63) is 77.2 Å². The van der Waals surface area contributed by atoms with Crippen LogP contribution in [-0.2, 0) is 16.6 Å². The Morgan fingerprint density at radius 3 is 2.40 bits per heavy atom. The molecule has 2 aromatic carbocycles. The fourth-order valence-corrected chi connectivity index (χ4v) is 8.23. The van der Waals surface area contributed by atoms with Gasteiger partial charge in [0.05, 0.1) is 23.4 Å². The molecule has 8 rings (SSSR count). The molecule has 3 aliphatic rings. The molecule has 0 bridgehead atoms. The lowest BCUT2D eigenvalue weighted by atomic mass is 9.90. The number of halogens is 1. The largest absolute Gasteiger partial charge is 0.453 e. The molecule has 5 aromatic rings. The molecule has 3 saturated heterocycles. The van der Waals surface area contributed by atoms with E-state index in [0.717, 1.165) is 56.1 Å². The van der Waals surface area contributed by atoms with Crippen molar-refractivity contribution in [1.82, 2.24) is 34.9 Å². The van der Waals surface area contributed by atoms with Gasteiger partial charge in [-0.15, -0.1) is 0 Å². The molecule has 0 aliphatic carbocycles. The number of nitrogens with one attached hydrogen (secondary N) is 2. The van der Waals surface area contributed by atoms with Gasteiger partial charge in [0.2, 0.25) is 11.8 Å². The second-order valence-corrected chi connectivity index (χ2v) is 14.9. The number of aromatic nitrogens is 5. The second-order valence-electron chi connectivity index (χ2n) is 14.4. The Morgan fingerprint density at radius 1 is 0.962 bits per heavy atom. The van der Waals surface area contributed by atoms with E-state index in [1.807, 2.05) is 32.3 Å². The van der Waals surface area contributed by atoms with Crippen molar-refractivity contribution >= 4 is 46.0 Å². The van der Waals surface area contributed by atoms with Crippen molar-refractivity contribution in [1.29, 1.82) is 0 Å². The molecular formula is C39H44ClN9O3. The van der Waals surface area contributed by atoms with Crippen LogP contribution < -0.4 is 19.9 Å². The van der Waals surface area contributed by atoms with E-state index in [4.69, 9.17) is 16.3 Å². The highest BCUT2D eigenvalue weighted by atomic mass is 35.5. The summed E-state index contributed by atoms with van der Waals surface area (Å²) in [4.78, 5) is 43.8. The fourth-order valence-electron chi connectivity index (χ4n) is 8.04. The number of piperazine rings is 1. The van der Waals surface area contributed by atoms with Crippen LogP contribution in [0.15, 0.2) is 60.9 Å². The SMILES string of the molecule is Cc1nn(C)cc1-c1nc2ncc(Cl)c(Oc3ccc(N4CCN(CC5CCN(c6ccc([C@H]7CCC(=O)NC7=O)cc6)CC5)C[C@@H]4C)cc3)c2[nH]1. The third-order valence-corrected chi connectivity index (χ3v) is 11.1. The van der Waals surface area contributed by atoms with Crippen LogP contribution in [0, 0.1) is 12.8 Å². The average molecular weight is 722 g/mol. The lowest BCUT2D eigenvalue weighted by molar-refractivity contribution is -0.134. The summed E-state index contributed by atoms with van der Waals surface area (Å²) in [7, 11) is 1.88. The number of piperidine rings is 2. The Bertz CT molecular complexity index is 2090. The van der Waals surface area contributed by atoms with Crippen molar-refractivity contribution in [3.8, 4) is 22.9 Å². The first-order chi connectivity index (χ1) is 25.2. The van der Waals surface area contributed by atoms with Gasteiger partial charge in [0.15, 0.2) is 11.4 Å². The van der Waals surface area contributed by atoms with Crippen molar-refractivity contribution in [2.24, 2.45) is 13.0 Å². The van der Waals surface area contributed by atoms with Gasteiger partial charge in [0, 0.05) is 76.4 Å². The summed E-state index contributed by atoms with van der Waals surface area (Å²) < 4.78 is 8.10. The molecule has 3 aliphatic heterocycles. The molecule has 2 N–H and O–H groups in total. The average Bonchev–Trinajstić information content (AvgIpc) is 3.72. The molecule has 0 unspecified atom stereocenters. The Hall–Kier alpha value is -4.94. The first kappa shape index (κ1) is 34.2. The maximum Gasteiger partial charge on any atom is 0.234 e. The molecule has 3 fully saturated rings. The number of H-pyrrole nitrogens is 1. The number of aryl methyl sites for hydroxylation is 2. The second kappa shape index (κ2) is 14.2. The molecule has 0 spiro atoms. The number of anilines is 2. The minimum Gasteiger partial charge on any atom is -0.453 e. The van der Waals surface area contributed by atoms with Gasteiger partial charge in [-0.25, -0.2) is 9.97 Å². The standard InChI is InChI=1S/C39H44ClN9O3/c1-24-21-47(22-26-14-16-48(17-15-26)28-6-4-27(5-7-28)31-12-13-34(50)42-39(31)51)18-19-49(24)29-8-10-30(11-9-29)52-36-33(40)20-41-38-35(36)43-37(44-38)32-23-46(3)45-25(32)2/h4-11,20,23-24,26,31H,12-19,21-22H2,1-3H3,(H,41,43,44)(H,42,50,51)/t24-,31+/m0/s1. The number of ether oxygens (including phenoxy) is 1. The Morgan fingerprint density at radius 2 is 1.71 bits per heavy atom. The molecule has 0 radical (unpaired) electrons. The summed E-state index contributed by atoms with van der Waals surface area (Å²) in [6.07, 6.45) is 6.82. The third-order valence-electron chi connectivity index (χ3n) is 10.8. The highest BCUT2D eigenvalue weighted by Crippen LogP contribution is 2.37. The normalized spacial score (nSPS) is 20.5. The van der Waals surface area contributed by atoms with Gasteiger partial charge < -0.3 is 19.5 Å². The Labute approximate surface area is 308 Å². The van der Waals surface area contributed by atoms with Crippen molar-refractivity contribution in [3.63, 3.8) is 0 Å². The van der Waals surface area contributed by atoms with Gasteiger partial charge in [0.1, 0.15) is 22.1 Å². The topological polar surface area (TPSA) is 125 Å². The van der Waals surface area contributed by atoms with Gasteiger partial charge in [-0.1, -0.05) is 23.7 Å². The Balaban J connectivity index is 0.836. The van der Waals surface area contributed by atoms with Crippen molar-refractivity contribution < 1.29 is 14.3 Å². The van der Waals surface area contributed by atoms with Crippen LogP contribution in [0.25, 0.3) is 22.6 Å². The van der Waals surface area contributed by atoms with Crippen molar-refractivity contribution in [2.75, 3.05) is 49.1 Å². The first-order valence-corrected chi connectivity index (χ1v) is 18.6. The van der Waals surface area contributed by atoms with Crippen molar-refractivity contribution in [2.45, 2.75) is 51.5 Å². The minimum absolute atomic E-state index is 0.175. The molecule has 12 nitrogen and oxygen atoms in total. The van der Waals surface area contributed by atoms with Crippen LogP contribution >= 0.6 is 11.6 Å². The number of nitrogens with zero attached hydrogens (tertiary/aromatic N) is 7. The van der Waals surface area contributed by atoms with E-state index in [2.05, 4.69) is 83.4 Å². The summed E-state index contributed by atoms with van der Waals surface area (Å²) in [6, 6.07) is 17.0. The van der Waals surface area contributed by atoms with Crippen LogP contribution in [0.4, 0.5) is 11.4 Å². The van der Waals surface area contributed by atoms with Crippen LogP contribution in [0.2, 0.25) is 5.02 Å². The number of imidazole rings is 1. The molecule has 2 amide bonds. The van der Waals surface area contributed by atoms with E-state index in [1.54, 1.807) is 10.9 Å². The maximum atomic E-state index is 12.3. The zero-order valence-corrected chi connectivity index (χ0v) is 30.6. The van der Waals surface area contributed by atoms with E-state index < -0.39 is 0 Å².